The minimum Gasteiger partial charge on any atom is -0.374 e. The van der Waals surface area contributed by atoms with Crippen LogP contribution in [0, 0.1) is 5.82 Å². The van der Waals surface area contributed by atoms with E-state index in [9.17, 15) is 14.0 Å². The van der Waals surface area contributed by atoms with Gasteiger partial charge in [-0.05, 0) is 18.2 Å². The first kappa shape index (κ1) is 18.4. The summed E-state index contributed by atoms with van der Waals surface area (Å²) in [5.74, 6) is -0.989. The number of carbonyl (C=O) groups is 2. The highest BCUT2D eigenvalue weighted by atomic mass is 19.1. The molecule has 2 rings (SSSR count). The number of rotatable bonds is 5. The van der Waals surface area contributed by atoms with Crippen molar-refractivity contribution in [2.24, 2.45) is 0 Å². The molecule has 2 aromatic rings. The smallest absolute Gasteiger partial charge is 0.246 e. The van der Waals surface area contributed by atoms with Crippen molar-refractivity contribution in [1.29, 1.82) is 0 Å². The van der Waals surface area contributed by atoms with Gasteiger partial charge in [0.1, 0.15) is 5.82 Å². The lowest BCUT2D eigenvalue weighted by molar-refractivity contribution is -0.115. The number of benzene rings is 1. The quantitative estimate of drug-likeness (QED) is 0.771. The summed E-state index contributed by atoms with van der Waals surface area (Å²) in [5, 5.41) is 11.7. The molecule has 0 bridgehead atoms. The molecule has 0 aliphatic rings. The van der Waals surface area contributed by atoms with Crippen molar-refractivity contribution < 1.29 is 18.5 Å². The number of nitrogens with zero attached hydrogens (tertiary/aromatic N) is 1. The summed E-state index contributed by atoms with van der Waals surface area (Å²) >= 11 is 0. The highest BCUT2D eigenvalue weighted by molar-refractivity contribution is 5.93. The molecule has 0 aliphatic heterocycles. The first-order valence-electron chi connectivity index (χ1n) is 7.73. The molecule has 25 heavy (non-hydrogen) atoms. The van der Waals surface area contributed by atoms with E-state index in [1.807, 2.05) is 20.8 Å². The Morgan fingerprint density at radius 2 is 1.92 bits per heavy atom. The van der Waals surface area contributed by atoms with Gasteiger partial charge in [-0.25, -0.2) is 4.39 Å². The van der Waals surface area contributed by atoms with Gasteiger partial charge in [0.2, 0.25) is 17.7 Å². The average Bonchev–Trinajstić information content (AvgIpc) is 2.96. The van der Waals surface area contributed by atoms with Gasteiger partial charge < -0.3 is 15.2 Å². The largest absolute Gasteiger partial charge is 0.374 e. The Balaban J connectivity index is 1.96. The minimum atomic E-state index is -0.531. The second kappa shape index (κ2) is 7.33. The van der Waals surface area contributed by atoms with E-state index in [-0.39, 0.29) is 29.4 Å². The predicted octanol–water partition coefficient (Wildman–Crippen LogP) is 3.12. The molecular weight excluding hydrogens is 327 g/mol. The van der Waals surface area contributed by atoms with E-state index < -0.39 is 11.7 Å². The van der Waals surface area contributed by atoms with Crippen LogP contribution in [-0.2, 0) is 15.0 Å². The summed E-state index contributed by atoms with van der Waals surface area (Å²) < 4.78 is 18.9. The summed E-state index contributed by atoms with van der Waals surface area (Å²) in [6, 6.07) is 5.70. The van der Waals surface area contributed by atoms with Gasteiger partial charge in [0.25, 0.3) is 0 Å². The fraction of sp³-hybridized carbons (Fsp3) is 0.353. The van der Waals surface area contributed by atoms with Crippen LogP contribution < -0.4 is 16.0 Å². The van der Waals surface area contributed by atoms with Crippen LogP contribution in [0.3, 0.4) is 0 Å². The Morgan fingerprint density at radius 1 is 1.20 bits per heavy atom. The lowest BCUT2D eigenvalue weighted by Crippen LogP contribution is -2.22. The lowest BCUT2D eigenvalue weighted by atomic mass is 9.92. The van der Waals surface area contributed by atoms with Gasteiger partial charge in [-0.1, -0.05) is 25.9 Å². The minimum absolute atomic E-state index is 0.106. The van der Waals surface area contributed by atoms with Crippen molar-refractivity contribution in [3.8, 4) is 0 Å². The Labute approximate surface area is 145 Å². The zero-order chi connectivity index (χ0) is 18.6. The van der Waals surface area contributed by atoms with Gasteiger partial charge in [0.05, 0.1) is 17.9 Å². The van der Waals surface area contributed by atoms with Crippen LogP contribution in [-0.4, -0.2) is 23.5 Å². The van der Waals surface area contributed by atoms with Gasteiger partial charge in [-0.15, -0.1) is 0 Å². The van der Waals surface area contributed by atoms with Crippen LogP contribution in [0.15, 0.2) is 28.8 Å². The van der Waals surface area contributed by atoms with Crippen LogP contribution in [0.5, 0.6) is 0 Å². The molecule has 1 heterocycles. The number of halogens is 1. The van der Waals surface area contributed by atoms with Crippen LogP contribution >= 0.6 is 0 Å². The highest BCUT2D eigenvalue weighted by Gasteiger charge is 2.19. The standard InChI is InChI=1S/C17H21FN4O3/c1-10(23)20-11-5-6-12(18)13(7-11)19-9-15(24)21-16-8-14(22-25-16)17(2,3)4/h5-8,19H,9H2,1-4H3,(H,20,23)(H,21,24). The molecule has 3 N–H and O–H groups in total. The molecule has 1 aromatic carbocycles. The third kappa shape index (κ3) is 5.30. The second-order valence-corrected chi connectivity index (χ2v) is 6.60. The van der Waals surface area contributed by atoms with Crippen molar-refractivity contribution in [2.75, 3.05) is 22.5 Å². The van der Waals surface area contributed by atoms with E-state index >= 15 is 0 Å². The normalized spacial score (nSPS) is 11.1. The van der Waals surface area contributed by atoms with Crippen molar-refractivity contribution in [1.82, 2.24) is 5.16 Å². The fourth-order valence-electron chi connectivity index (χ4n) is 1.99. The zero-order valence-corrected chi connectivity index (χ0v) is 14.6. The van der Waals surface area contributed by atoms with E-state index in [1.165, 1.54) is 25.1 Å². The maximum absolute atomic E-state index is 13.8. The van der Waals surface area contributed by atoms with Crippen LogP contribution in [0.2, 0.25) is 0 Å². The maximum Gasteiger partial charge on any atom is 0.246 e. The van der Waals surface area contributed by atoms with Crippen molar-refractivity contribution >= 4 is 29.1 Å². The Kier molecular flexibility index (Phi) is 5.41. The van der Waals surface area contributed by atoms with Crippen molar-refractivity contribution in [3.05, 3.63) is 35.8 Å². The van der Waals surface area contributed by atoms with E-state index in [0.717, 1.165) is 0 Å². The SMILES string of the molecule is CC(=O)Nc1ccc(F)c(NCC(=O)Nc2cc(C(C)(C)C)no2)c1. The van der Waals surface area contributed by atoms with Gasteiger partial charge in [-0.3, -0.25) is 14.9 Å². The molecule has 1 aromatic heterocycles. The summed E-state index contributed by atoms with van der Waals surface area (Å²) in [7, 11) is 0. The Hall–Kier alpha value is -2.90. The summed E-state index contributed by atoms with van der Waals surface area (Å²) in [4.78, 5) is 23.0. The molecule has 0 saturated carbocycles. The molecule has 0 atom stereocenters. The molecule has 2 amide bonds. The molecule has 0 spiro atoms. The number of nitrogens with one attached hydrogen (secondary N) is 3. The summed E-state index contributed by atoms with van der Waals surface area (Å²) in [6.07, 6.45) is 0. The number of anilines is 3. The predicted molar refractivity (Wildman–Crippen MR) is 93.0 cm³/mol. The molecular formula is C17H21FN4O3. The summed E-state index contributed by atoms with van der Waals surface area (Å²) in [6.45, 7) is 7.10. The van der Waals surface area contributed by atoms with E-state index in [1.54, 1.807) is 6.07 Å². The molecule has 7 nitrogen and oxygen atoms in total. The molecule has 134 valence electrons. The van der Waals surface area contributed by atoms with Crippen molar-refractivity contribution in [3.63, 3.8) is 0 Å². The van der Waals surface area contributed by atoms with Crippen molar-refractivity contribution in [2.45, 2.75) is 33.1 Å². The Morgan fingerprint density at radius 3 is 2.52 bits per heavy atom. The number of amides is 2. The number of aromatic nitrogens is 1. The van der Waals surface area contributed by atoms with Gasteiger partial charge >= 0.3 is 0 Å². The fourth-order valence-corrected chi connectivity index (χ4v) is 1.99. The molecule has 0 saturated heterocycles. The monoisotopic (exact) mass is 348 g/mol. The number of hydrogen-bond acceptors (Lipinski definition) is 5. The van der Waals surface area contributed by atoms with Crippen LogP contribution in [0.4, 0.5) is 21.6 Å². The van der Waals surface area contributed by atoms with Gasteiger partial charge in [0, 0.05) is 24.1 Å². The van der Waals surface area contributed by atoms with Gasteiger partial charge in [-0.2, -0.15) is 0 Å². The third-order valence-corrected chi connectivity index (χ3v) is 3.27. The average molecular weight is 348 g/mol. The van der Waals surface area contributed by atoms with E-state index in [0.29, 0.717) is 11.4 Å². The molecule has 8 heteroatoms. The van der Waals surface area contributed by atoms with Crippen LogP contribution in [0.1, 0.15) is 33.4 Å². The maximum atomic E-state index is 13.8. The first-order valence-corrected chi connectivity index (χ1v) is 7.73. The molecule has 0 radical (unpaired) electrons. The van der Waals surface area contributed by atoms with Gasteiger partial charge in [0.15, 0.2) is 0 Å². The van der Waals surface area contributed by atoms with E-state index in [4.69, 9.17) is 4.52 Å². The number of hydrogen-bond donors (Lipinski definition) is 3. The second-order valence-electron chi connectivity index (χ2n) is 6.60. The lowest BCUT2D eigenvalue weighted by Gasteiger charge is -2.12. The molecule has 0 aliphatic carbocycles. The topological polar surface area (TPSA) is 96.3 Å². The zero-order valence-electron chi connectivity index (χ0n) is 14.6. The molecule has 0 fully saturated rings. The van der Waals surface area contributed by atoms with E-state index in [2.05, 4.69) is 21.1 Å². The third-order valence-electron chi connectivity index (χ3n) is 3.27. The summed E-state index contributed by atoms with van der Waals surface area (Å²) in [5.41, 5.74) is 1.05. The highest BCUT2D eigenvalue weighted by Crippen LogP contribution is 2.23. The first-order chi connectivity index (χ1) is 11.6. The number of carbonyl (C=O) groups excluding carboxylic acids is 2. The molecule has 0 unspecified atom stereocenters. The van der Waals surface area contributed by atoms with Crippen LogP contribution in [0.25, 0.3) is 0 Å². The Bertz CT molecular complexity index is 780.